The number of aromatic amines is 1. The van der Waals surface area contributed by atoms with Gasteiger partial charge in [0.1, 0.15) is 11.4 Å². The number of nitrogens with zero attached hydrogens (tertiary/aromatic N) is 2. The summed E-state index contributed by atoms with van der Waals surface area (Å²) in [4.78, 5) is 16.4. The first kappa shape index (κ1) is 15.6. The maximum Gasteiger partial charge on any atom is 0.269 e. The summed E-state index contributed by atoms with van der Waals surface area (Å²) in [6, 6.07) is 11.8. The van der Waals surface area contributed by atoms with Crippen LogP contribution in [0.5, 0.6) is 5.75 Å². The molecule has 1 saturated carbocycles. The molecule has 4 rings (SSSR count). The molecule has 0 radical (unpaired) electrons. The van der Waals surface area contributed by atoms with Gasteiger partial charge in [0, 0.05) is 23.8 Å². The third-order valence-electron chi connectivity index (χ3n) is 4.63. The van der Waals surface area contributed by atoms with Crippen LogP contribution in [0.1, 0.15) is 36.2 Å². The van der Waals surface area contributed by atoms with Crippen molar-refractivity contribution in [2.45, 2.75) is 37.8 Å². The van der Waals surface area contributed by atoms with Gasteiger partial charge in [-0.3, -0.25) is 14.9 Å². The number of ether oxygens (including phenoxy) is 1. The van der Waals surface area contributed by atoms with E-state index < -0.39 is 0 Å². The fourth-order valence-corrected chi connectivity index (χ4v) is 3.29. The molecule has 2 aromatic heterocycles. The van der Waals surface area contributed by atoms with Crippen LogP contribution in [0, 0.1) is 0 Å². The zero-order chi connectivity index (χ0) is 17.1. The number of H-pyrrole nitrogens is 1. The second-order valence-electron chi connectivity index (χ2n) is 6.39. The van der Waals surface area contributed by atoms with E-state index in [1.54, 1.807) is 18.5 Å². The Morgan fingerprint density at radius 1 is 1.12 bits per heavy atom. The van der Waals surface area contributed by atoms with Crippen molar-refractivity contribution >= 4 is 16.8 Å². The maximum absolute atomic E-state index is 12.1. The number of benzene rings is 1. The topological polar surface area (TPSA) is 79.9 Å². The summed E-state index contributed by atoms with van der Waals surface area (Å²) in [5.41, 5.74) is 1.48. The fraction of sp³-hybridized carbons (Fsp3) is 0.316. The molecular weight excluding hydrogens is 316 g/mol. The number of hydrogen-bond donors (Lipinski definition) is 2. The molecule has 0 aliphatic heterocycles. The third-order valence-corrected chi connectivity index (χ3v) is 4.63. The summed E-state index contributed by atoms with van der Waals surface area (Å²) in [6.45, 7) is 0. The fourth-order valence-electron chi connectivity index (χ4n) is 3.29. The van der Waals surface area contributed by atoms with E-state index in [4.69, 9.17) is 4.74 Å². The zero-order valence-electron chi connectivity index (χ0n) is 13.8. The minimum Gasteiger partial charge on any atom is -0.490 e. The summed E-state index contributed by atoms with van der Waals surface area (Å²) in [5.74, 6) is 0.786. The van der Waals surface area contributed by atoms with Gasteiger partial charge in [-0.05, 0) is 56.0 Å². The van der Waals surface area contributed by atoms with Crippen molar-refractivity contribution in [1.29, 1.82) is 0 Å². The van der Waals surface area contributed by atoms with Gasteiger partial charge < -0.3 is 10.1 Å². The highest BCUT2D eigenvalue weighted by Gasteiger charge is 2.24. The molecule has 1 fully saturated rings. The lowest BCUT2D eigenvalue weighted by molar-refractivity contribution is 0.0889. The summed E-state index contributed by atoms with van der Waals surface area (Å²) in [7, 11) is 0. The highest BCUT2D eigenvalue weighted by Crippen LogP contribution is 2.26. The van der Waals surface area contributed by atoms with Crippen molar-refractivity contribution in [3.05, 3.63) is 54.5 Å². The molecule has 0 spiro atoms. The van der Waals surface area contributed by atoms with Crippen molar-refractivity contribution in [3.63, 3.8) is 0 Å². The van der Waals surface area contributed by atoms with E-state index in [2.05, 4.69) is 20.5 Å². The number of nitrogens with one attached hydrogen (secondary N) is 2. The van der Waals surface area contributed by atoms with Gasteiger partial charge in [-0.2, -0.15) is 5.10 Å². The van der Waals surface area contributed by atoms with E-state index in [1.165, 1.54) is 0 Å². The molecule has 0 saturated heterocycles. The van der Waals surface area contributed by atoms with Gasteiger partial charge in [-0.15, -0.1) is 0 Å². The predicted octanol–water partition coefficient (Wildman–Crippen LogP) is 3.08. The normalized spacial score (nSPS) is 20.3. The van der Waals surface area contributed by atoms with E-state index in [9.17, 15) is 4.79 Å². The van der Waals surface area contributed by atoms with E-state index in [1.807, 2.05) is 30.3 Å². The molecule has 2 heterocycles. The van der Waals surface area contributed by atoms with Gasteiger partial charge >= 0.3 is 0 Å². The molecule has 1 aromatic carbocycles. The minimum absolute atomic E-state index is 0.0936. The molecule has 1 aliphatic carbocycles. The van der Waals surface area contributed by atoms with Crippen LogP contribution < -0.4 is 10.1 Å². The van der Waals surface area contributed by atoms with Crippen molar-refractivity contribution in [2.24, 2.45) is 0 Å². The number of hydrogen-bond acceptors (Lipinski definition) is 4. The van der Waals surface area contributed by atoms with Gasteiger partial charge in [0.2, 0.25) is 0 Å². The van der Waals surface area contributed by atoms with Gasteiger partial charge in [0.15, 0.2) is 0 Å². The number of carbonyl (C=O) groups excluding carboxylic acids is 1. The predicted molar refractivity (Wildman–Crippen MR) is 94.5 cm³/mol. The van der Waals surface area contributed by atoms with Gasteiger partial charge in [0.05, 0.1) is 11.6 Å². The summed E-state index contributed by atoms with van der Waals surface area (Å²) in [6.07, 6.45) is 7.26. The van der Waals surface area contributed by atoms with Crippen LogP contribution in [0.15, 0.2) is 48.8 Å². The SMILES string of the molecule is O=C(NC1CCC(Oc2ccc3ncccc3c2)CC1)c1ccn[nH]1. The Labute approximate surface area is 145 Å². The molecular formula is C19H20N4O2. The molecule has 3 aromatic rings. The molecule has 6 heteroatoms. The van der Waals surface area contributed by atoms with Crippen LogP contribution in [-0.4, -0.2) is 33.2 Å². The molecule has 1 aliphatic rings. The van der Waals surface area contributed by atoms with Gasteiger partial charge in [-0.1, -0.05) is 6.07 Å². The van der Waals surface area contributed by atoms with Crippen molar-refractivity contribution in [3.8, 4) is 5.75 Å². The van der Waals surface area contributed by atoms with E-state index in [0.29, 0.717) is 5.69 Å². The molecule has 0 unspecified atom stereocenters. The minimum atomic E-state index is -0.0936. The second-order valence-corrected chi connectivity index (χ2v) is 6.39. The van der Waals surface area contributed by atoms with Crippen LogP contribution in [-0.2, 0) is 0 Å². The summed E-state index contributed by atoms with van der Waals surface area (Å²) in [5, 5.41) is 10.6. The largest absolute Gasteiger partial charge is 0.490 e. The Morgan fingerprint density at radius 3 is 2.80 bits per heavy atom. The number of amides is 1. The first-order chi connectivity index (χ1) is 12.3. The Balaban J connectivity index is 1.31. The highest BCUT2D eigenvalue weighted by atomic mass is 16.5. The monoisotopic (exact) mass is 336 g/mol. The standard InChI is InChI=1S/C19H20N4O2/c24-19(18-9-11-21-23-18)22-14-3-5-15(6-4-14)25-16-7-8-17-13(12-16)2-1-10-20-17/h1-2,7-12,14-15H,3-6H2,(H,21,23)(H,22,24). The Kier molecular flexibility index (Phi) is 4.33. The number of pyridine rings is 1. The lowest BCUT2D eigenvalue weighted by atomic mass is 9.93. The molecule has 2 N–H and O–H groups in total. The maximum atomic E-state index is 12.1. The smallest absolute Gasteiger partial charge is 0.269 e. The average molecular weight is 336 g/mol. The molecule has 0 bridgehead atoms. The molecule has 6 nitrogen and oxygen atoms in total. The van der Waals surface area contributed by atoms with Crippen LogP contribution >= 0.6 is 0 Å². The molecule has 1 amide bonds. The van der Waals surface area contributed by atoms with Crippen LogP contribution in [0.25, 0.3) is 10.9 Å². The highest BCUT2D eigenvalue weighted by molar-refractivity contribution is 5.92. The summed E-state index contributed by atoms with van der Waals surface area (Å²) < 4.78 is 6.13. The molecule has 0 atom stereocenters. The average Bonchev–Trinajstić information content (AvgIpc) is 3.18. The lowest BCUT2D eigenvalue weighted by Gasteiger charge is -2.29. The molecule has 128 valence electrons. The Bertz CT molecular complexity index is 855. The van der Waals surface area contributed by atoms with Crippen LogP contribution in [0.3, 0.4) is 0 Å². The summed E-state index contributed by atoms with van der Waals surface area (Å²) >= 11 is 0. The Hall–Kier alpha value is -2.89. The van der Waals surface area contributed by atoms with Crippen molar-refractivity contribution < 1.29 is 9.53 Å². The third kappa shape index (κ3) is 3.63. The van der Waals surface area contributed by atoms with E-state index >= 15 is 0 Å². The van der Waals surface area contributed by atoms with Crippen molar-refractivity contribution in [1.82, 2.24) is 20.5 Å². The van der Waals surface area contributed by atoms with Crippen molar-refractivity contribution in [2.75, 3.05) is 0 Å². The number of fused-ring (bicyclic) bond motifs is 1. The molecule has 25 heavy (non-hydrogen) atoms. The Morgan fingerprint density at radius 2 is 2.00 bits per heavy atom. The van der Waals surface area contributed by atoms with Crippen LogP contribution in [0.4, 0.5) is 0 Å². The van der Waals surface area contributed by atoms with Crippen LogP contribution in [0.2, 0.25) is 0 Å². The second kappa shape index (κ2) is 6.93. The number of rotatable bonds is 4. The first-order valence-corrected chi connectivity index (χ1v) is 8.59. The van der Waals surface area contributed by atoms with Gasteiger partial charge in [0.25, 0.3) is 5.91 Å². The van der Waals surface area contributed by atoms with E-state index in [-0.39, 0.29) is 18.1 Å². The van der Waals surface area contributed by atoms with Gasteiger partial charge in [-0.25, -0.2) is 0 Å². The quantitative estimate of drug-likeness (QED) is 0.767. The van der Waals surface area contributed by atoms with E-state index in [0.717, 1.165) is 42.3 Å². The number of carbonyl (C=O) groups is 1. The lowest BCUT2D eigenvalue weighted by Crippen LogP contribution is -2.39. The first-order valence-electron chi connectivity index (χ1n) is 8.59. The number of aromatic nitrogens is 3. The zero-order valence-corrected chi connectivity index (χ0v) is 13.8.